The first-order chi connectivity index (χ1) is 13.6. The highest BCUT2D eigenvalue weighted by Gasteiger charge is 2.35. The van der Waals surface area contributed by atoms with Crippen LogP contribution in [0.2, 0.25) is 0 Å². The van der Waals surface area contributed by atoms with Gasteiger partial charge < -0.3 is 19.5 Å². The number of carbonyl (C=O) groups excluding carboxylic acids is 2. The van der Waals surface area contributed by atoms with E-state index >= 15 is 0 Å². The molecule has 2 aromatic rings. The molecule has 1 aliphatic carbocycles. The van der Waals surface area contributed by atoms with E-state index in [1.807, 2.05) is 4.90 Å². The van der Waals surface area contributed by atoms with Gasteiger partial charge in [-0.1, -0.05) is 5.16 Å². The molecule has 0 spiro atoms. The number of piperidine rings is 1. The predicted octanol–water partition coefficient (Wildman–Crippen LogP) is 2.09. The van der Waals surface area contributed by atoms with Gasteiger partial charge in [0, 0.05) is 44.3 Å². The van der Waals surface area contributed by atoms with Gasteiger partial charge in [0.25, 0.3) is 5.91 Å². The first kappa shape index (κ1) is 18.5. The highest BCUT2D eigenvalue weighted by Crippen LogP contribution is 2.32. The molecule has 0 bridgehead atoms. The predicted molar refractivity (Wildman–Crippen MR) is 99.6 cm³/mol. The van der Waals surface area contributed by atoms with Gasteiger partial charge in [-0.15, -0.1) is 0 Å². The molecule has 4 rings (SSSR count). The standard InChI is InChI=1S/C20H24N4O4/c1-13-22-18(23-28-13)12-21-19(25)14-4-6-16(7-5-14)27-17-8-10-24(11-9-17)20(26)15-2-3-15/h4-7,15,17H,2-3,8-12H2,1H3,(H,21,25). The van der Waals surface area contributed by atoms with Crippen molar-refractivity contribution in [3.05, 3.63) is 41.5 Å². The van der Waals surface area contributed by atoms with Crippen LogP contribution in [0.5, 0.6) is 5.75 Å². The zero-order chi connectivity index (χ0) is 19.5. The number of hydrogen-bond acceptors (Lipinski definition) is 6. The molecule has 0 unspecified atom stereocenters. The Balaban J connectivity index is 1.24. The third kappa shape index (κ3) is 4.49. The molecule has 2 amide bonds. The van der Waals surface area contributed by atoms with E-state index < -0.39 is 0 Å². The lowest BCUT2D eigenvalue weighted by Gasteiger charge is -2.32. The van der Waals surface area contributed by atoms with Crippen LogP contribution >= 0.6 is 0 Å². The molecule has 2 fully saturated rings. The minimum atomic E-state index is -0.208. The molecule has 0 atom stereocenters. The molecule has 1 saturated heterocycles. The van der Waals surface area contributed by atoms with Crippen LogP contribution in [0.4, 0.5) is 0 Å². The average Bonchev–Trinajstić information content (AvgIpc) is 3.48. The van der Waals surface area contributed by atoms with E-state index in [2.05, 4.69) is 15.5 Å². The van der Waals surface area contributed by atoms with Crippen LogP contribution in [0.15, 0.2) is 28.8 Å². The van der Waals surface area contributed by atoms with Crippen molar-refractivity contribution in [2.45, 2.75) is 45.3 Å². The summed E-state index contributed by atoms with van der Waals surface area (Å²) in [6, 6.07) is 7.07. The third-order valence-corrected chi connectivity index (χ3v) is 5.08. The number of hydrogen-bond donors (Lipinski definition) is 1. The van der Waals surface area contributed by atoms with E-state index in [4.69, 9.17) is 9.26 Å². The van der Waals surface area contributed by atoms with Crippen LogP contribution < -0.4 is 10.1 Å². The fraction of sp³-hybridized carbons (Fsp3) is 0.500. The third-order valence-electron chi connectivity index (χ3n) is 5.08. The molecule has 2 aliphatic rings. The van der Waals surface area contributed by atoms with Gasteiger partial charge in [0.15, 0.2) is 5.82 Å². The Morgan fingerprint density at radius 1 is 1.18 bits per heavy atom. The Labute approximate surface area is 163 Å². The minimum Gasteiger partial charge on any atom is -0.490 e. The summed E-state index contributed by atoms with van der Waals surface area (Å²) < 4.78 is 10.9. The SMILES string of the molecule is Cc1nc(CNC(=O)c2ccc(OC3CCN(C(=O)C4CC4)CC3)cc2)no1. The second-order valence-electron chi connectivity index (χ2n) is 7.35. The molecule has 8 heteroatoms. The lowest BCUT2D eigenvalue weighted by Crippen LogP contribution is -2.42. The van der Waals surface area contributed by atoms with Crippen LogP contribution in [0.3, 0.4) is 0 Å². The lowest BCUT2D eigenvalue weighted by molar-refractivity contribution is -0.134. The van der Waals surface area contributed by atoms with Crippen LogP contribution in [0, 0.1) is 12.8 Å². The highest BCUT2D eigenvalue weighted by atomic mass is 16.5. The zero-order valence-corrected chi connectivity index (χ0v) is 15.9. The molecule has 8 nitrogen and oxygen atoms in total. The minimum absolute atomic E-state index is 0.101. The first-order valence-corrected chi connectivity index (χ1v) is 9.71. The molecule has 0 radical (unpaired) electrons. The normalized spacial score (nSPS) is 17.4. The van der Waals surface area contributed by atoms with Crippen molar-refractivity contribution in [2.24, 2.45) is 5.92 Å². The van der Waals surface area contributed by atoms with Crippen molar-refractivity contribution in [1.29, 1.82) is 0 Å². The number of benzene rings is 1. The smallest absolute Gasteiger partial charge is 0.251 e. The first-order valence-electron chi connectivity index (χ1n) is 9.71. The highest BCUT2D eigenvalue weighted by molar-refractivity contribution is 5.94. The fourth-order valence-electron chi connectivity index (χ4n) is 3.33. The summed E-state index contributed by atoms with van der Waals surface area (Å²) in [7, 11) is 0. The molecule has 148 valence electrons. The molecule has 28 heavy (non-hydrogen) atoms. The van der Waals surface area contributed by atoms with Gasteiger partial charge in [-0.05, 0) is 37.1 Å². The summed E-state index contributed by atoms with van der Waals surface area (Å²) in [5.74, 6) is 2.02. The van der Waals surface area contributed by atoms with E-state index in [0.717, 1.165) is 44.5 Å². The second kappa shape index (κ2) is 8.00. The molecule has 1 aromatic heterocycles. The summed E-state index contributed by atoms with van der Waals surface area (Å²) >= 11 is 0. The van der Waals surface area contributed by atoms with Gasteiger partial charge in [0.05, 0.1) is 6.54 Å². The molecular weight excluding hydrogens is 360 g/mol. The zero-order valence-electron chi connectivity index (χ0n) is 15.9. The van der Waals surface area contributed by atoms with Crippen molar-refractivity contribution < 1.29 is 18.8 Å². The summed E-state index contributed by atoms with van der Waals surface area (Å²) in [6.45, 7) is 3.44. The molecule has 2 heterocycles. The Kier molecular flexibility index (Phi) is 5.27. The van der Waals surface area contributed by atoms with Gasteiger partial charge in [0.2, 0.25) is 11.8 Å². The topological polar surface area (TPSA) is 97.6 Å². The van der Waals surface area contributed by atoms with Crippen molar-refractivity contribution >= 4 is 11.8 Å². The van der Waals surface area contributed by atoms with Crippen LogP contribution in [0.1, 0.15) is 47.8 Å². The van der Waals surface area contributed by atoms with Crippen molar-refractivity contribution in [1.82, 2.24) is 20.4 Å². The van der Waals surface area contributed by atoms with Crippen LogP contribution in [-0.4, -0.2) is 46.0 Å². The van der Waals surface area contributed by atoms with Gasteiger partial charge in [-0.2, -0.15) is 4.98 Å². The quantitative estimate of drug-likeness (QED) is 0.819. The van der Waals surface area contributed by atoms with Crippen molar-refractivity contribution in [2.75, 3.05) is 13.1 Å². The molecule has 1 N–H and O–H groups in total. The van der Waals surface area contributed by atoms with Crippen molar-refractivity contribution in [3.63, 3.8) is 0 Å². The summed E-state index contributed by atoms with van der Waals surface area (Å²) in [6.07, 6.45) is 3.87. The molecule has 1 aromatic carbocycles. The molecule has 1 aliphatic heterocycles. The van der Waals surface area contributed by atoms with E-state index in [0.29, 0.717) is 23.2 Å². The van der Waals surface area contributed by atoms with Crippen LogP contribution in [-0.2, 0) is 11.3 Å². The number of likely N-dealkylation sites (tertiary alicyclic amines) is 1. The largest absolute Gasteiger partial charge is 0.490 e. The number of carbonyl (C=O) groups is 2. The lowest BCUT2D eigenvalue weighted by atomic mass is 10.1. The maximum atomic E-state index is 12.2. The van der Waals surface area contributed by atoms with Gasteiger partial charge in [-0.25, -0.2) is 0 Å². The monoisotopic (exact) mass is 384 g/mol. The second-order valence-corrected chi connectivity index (χ2v) is 7.35. The van der Waals surface area contributed by atoms with Gasteiger partial charge >= 0.3 is 0 Å². The Morgan fingerprint density at radius 3 is 2.50 bits per heavy atom. The number of rotatable bonds is 6. The molecule has 1 saturated carbocycles. The molecular formula is C20H24N4O4. The van der Waals surface area contributed by atoms with E-state index in [-0.39, 0.29) is 24.5 Å². The number of amides is 2. The Morgan fingerprint density at radius 2 is 1.89 bits per heavy atom. The van der Waals surface area contributed by atoms with Crippen molar-refractivity contribution in [3.8, 4) is 5.75 Å². The van der Waals surface area contributed by atoms with E-state index in [1.165, 1.54) is 0 Å². The number of aryl methyl sites for hydroxylation is 1. The Bertz CT molecular complexity index is 836. The summed E-state index contributed by atoms with van der Waals surface area (Å²) in [5.41, 5.74) is 0.539. The maximum Gasteiger partial charge on any atom is 0.251 e. The van der Waals surface area contributed by atoms with E-state index in [9.17, 15) is 9.59 Å². The number of nitrogens with zero attached hydrogens (tertiary/aromatic N) is 3. The van der Waals surface area contributed by atoms with E-state index in [1.54, 1.807) is 31.2 Å². The average molecular weight is 384 g/mol. The number of ether oxygens (including phenoxy) is 1. The Hall–Kier alpha value is -2.90. The number of nitrogens with one attached hydrogen (secondary N) is 1. The summed E-state index contributed by atoms with van der Waals surface area (Å²) in [5, 5.41) is 6.50. The van der Waals surface area contributed by atoms with Gasteiger partial charge in [0.1, 0.15) is 11.9 Å². The van der Waals surface area contributed by atoms with Crippen LogP contribution in [0.25, 0.3) is 0 Å². The summed E-state index contributed by atoms with van der Waals surface area (Å²) in [4.78, 5) is 30.3. The maximum absolute atomic E-state index is 12.2. The number of aromatic nitrogens is 2. The van der Waals surface area contributed by atoms with Gasteiger partial charge in [-0.3, -0.25) is 9.59 Å². The fourth-order valence-corrected chi connectivity index (χ4v) is 3.33.